The molecule has 0 saturated heterocycles. The van der Waals surface area contributed by atoms with E-state index in [1.165, 1.54) is 12.1 Å². The number of hydrogen-bond acceptors (Lipinski definition) is 4. The van der Waals surface area contributed by atoms with Gasteiger partial charge in [-0.1, -0.05) is 24.3 Å². The summed E-state index contributed by atoms with van der Waals surface area (Å²) >= 11 is 0. The molecule has 3 rings (SSSR count). The fraction of sp³-hybridized carbons (Fsp3) is 0.176. The first-order valence-electron chi connectivity index (χ1n) is 7.47. The first-order chi connectivity index (χ1) is 12.1. The predicted octanol–water partition coefficient (Wildman–Crippen LogP) is 3.67. The van der Waals surface area contributed by atoms with Gasteiger partial charge in [-0.15, -0.1) is 0 Å². The van der Waals surface area contributed by atoms with Crippen LogP contribution in [0, 0.1) is 6.92 Å². The smallest absolute Gasteiger partial charge is 0.236 e. The van der Waals surface area contributed by atoms with Crippen molar-refractivity contribution in [1.29, 1.82) is 0 Å². The van der Waals surface area contributed by atoms with Gasteiger partial charge in [0, 0.05) is 18.0 Å². The molecule has 9 heteroatoms. The summed E-state index contributed by atoms with van der Waals surface area (Å²) in [6.45, 7) is 1.78. The number of benzene rings is 1. The van der Waals surface area contributed by atoms with Gasteiger partial charge in [-0.3, -0.25) is 0 Å². The van der Waals surface area contributed by atoms with Gasteiger partial charge in [-0.25, -0.2) is 18.1 Å². The number of rotatable bonds is 3. The molecule has 5 nitrogen and oxygen atoms in total. The van der Waals surface area contributed by atoms with Gasteiger partial charge in [0.25, 0.3) is 0 Å². The molecular formula is C17H14F3N3O2S. The van der Waals surface area contributed by atoms with Crippen LogP contribution in [0.25, 0.3) is 17.1 Å². The number of halogens is 3. The zero-order chi connectivity index (χ0) is 19.1. The molecule has 0 radical (unpaired) electrons. The maximum absolute atomic E-state index is 13.2. The lowest BCUT2D eigenvalue weighted by Gasteiger charge is -2.09. The Morgan fingerprint density at radius 2 is 1.77 bits per heavy atom. The fourth-order valence-corrected chi connectivity index (χ4v) is 3.02. The summed E-state index contributed by atoms with van der Waals surface area (Å²) in [4.78, 5) is 3.95. The van der Waals surface area contributed by atoms with Crippen LogP contribution in [0.3, 0.4) is 0 Å². The molecule has 0 atom stereocenters. The van der Waals surface area contributed by atoms with Crippen LogP contribution in [0.1, 0.15) is 11.3 Å². The molecule has 0 saturated carbocycles. The molecule has 0 spiro atoms. The number of nitrogens with zero attached hydrogens (tertiary/aromatic N) is 3. The Labute approximate surface area is 148 Å². The van der Waals surface area contributed by atoms with E-state index in [1.807, 2.05) is 0 Å². The molecule has 0 aliphatic carbocycles. The van der Waals surface area contributed by atoms with Gasteiger partial charge in [0.2, 0.25) is 0 Å². The minimum atomic E-state index is -4.62. The van der Waals surface area contributed by atoms with E-state index >= 15 is 0 Å². The Bertz CT molecular complexity index is 1060. The molecule has 26 heavy (non-hydrogen) atoms. The normalized spacial score (nSPS) is 12.3. The van der Waals surface area contributed by atoms with Crippen molar-refractivity contribution >= 4 is 9.84 Å². The molecule has 0 bridgehead atoms. The highest BCUT2D eigenvalue weighted by atomic mass is 32.2. The van der Waals surface area contributed by atoms with E-state index in [4.69, 9.17) is 0 Å². The van der Waals surface area contributed by atoms with Gasteiger partial charge in [-0.2, -0.15) is 18.3 Å². The maximum atomic E-state index is 13.2. The summed E-state index contributed by atoms with van der Waals surface area (Å²) in [5.41, 5.74) is 0.513. The molecule has 2 heterocycles. The van der Waals surface area contributed by atoms with E-state index in [-0.39, 0.29) is 16.4 Å². The first-order valence-corrected chi connectivity index (χ1v) is 9.36. The van der Waals surface area contributed by atoms with Gasteiger partial charge in [0.05, 0.1) is 10.6 Å². The first kappa shape index (κ1) is 18.1. The summed E-state index contributed by atoms with van der Waals surface area (Å²) in [5.74, 6) is 0.0890. The van der Waals surface area contributed by atoms with E-state index in [1.54, 1.807) is 31.2 Å². The van der Waals surface area contributed by atoms with Gasteiger partial charge in [-0.05, 0) is 30.7 Å². The van der Waals surface area contributed by atoms with Crippen LogP contribution in [-0.2, 0) is 16.0 Å². The average molecular weight is 381 g/mol. The topological polar surface area (TPSA) is 64.8 Å². The Kier molecular flexibility index (Phi) is 4.35. The summed E-state index contributed by atoms with van der Waals surface area (Å²) in [6, 6.07) is 10.5. The summed E-state index contributed by atoms with van der Waals surface area (Å²) in [7, 11) is -3.46. The van der Waals surface area contributed by atoms with Crippen LogP contribution in [0.15, 0.2) is 53.6 Å². The molecule has 136 valence electrons. The maximum Gasteiger partial charge on any atom is 0.435 e. The lowest BCUT2D eigenvalue weighted by Crippen LogP contribution is -2.08. The third-order valence-corrected chi connectivity index (χ3v) is 4.88. The molecule has 0 aliphatic rings. The monoisotopic (exact) mass is 381 g/mol. The number of aryl methyl sites for hydroxylation is 1. The van der Waals surface area contributed by atoms with E-state index in [2.05, 4.69) is 10.1 Å². The second-order valence-corrected chi connectivity index (χ2v) is 7.78. The van der Waals surface area contributed by atoms with Crippen LogP contribution >= 0.6 is 0 Å². The SMILES string of the molecule is Cc1ccccc1-c1cc(C(F)(F)F)nn1-c1ccc(S(C)(=O)=O)cn1. The largest absolute Gasteiger partial charge is 0.435 e. The van der Waals surface area contributed by atoms with Gasteiger partial charge < -0.3 is 0 Å². The van der Waals surface area contributed by atoms with Crippen LogP contribution in [0.5, 0.6) is 0 Å². The van der Waals surface area contributed by atoms with Crippen molar-refractivity contribution in [1.82, 2.24) is 14.8 Å². The Hall–Kier alpha value is -2.68. The van der Waals surface area contributed by atoms with Crippen LogP contribution in [0.4, 0.5) is 13.2 Å². The molecule has 0 amide bonds. The zero-order valence-corrected chi connectivity index (χ0v) is 14.6. The second-order valence-electron chi connectivity index (χ2n) is 5.76. The highest BCUT2D eigenvalue weighted by Crippen LogP contribution is 2.34. The van der Waals surface area contributed by atoms with Crippen LogP contribution < -0.4 is 0 Å². The van der Waals surface area contributed by atoms with E-state index in [0.29, 0.717) is 5.56 Å². The minimum absolute atomic E-state index is 0.0260. The quantitative estimate of drug-likeness (QED) is 0.695. The fourth-order valence-electron chi connectivity index (χ4n) is 2.46. The molecule has 0 unspecified atom stereocenters. The zero-order valence-electron chi connectivity index (χ0n) is 13.8. The summed E-state index contributed by atoms with van der Waals surface area (Å²) in [5, 5.41) is 3.64. The summed E-state index contributed by atoms with van der Waals surface area (Å²) < 4.78 is 63.6. The molecule has 0 fully saturated rings. The minimum Gasteiger partial charge on any atom is -0.236 e. The predicted molar refractivity (Wildman–Crippen MR) is 89.6 cm³/mol. The van der Waals surface area contributed by atoms with E-state index in [9.17, 15) is 21.6 Å². The van der Waals surface area contributed by atoms with Crippen molar-refractivity contribution in [3.63, 3.8) is 0 Å². The number of aromatic nitrogens is 3. The number of alkyl halides is 3. The molecule has 0 N–H and O–H groups in total. The third-order valence-electron chi connectivity index (χ3n) is 3.79. The Morgan fingerprint density at radius 3 is 2.31 bits per heavy atom. The van der Waals surface area contributed by atoms with Crippen molar-refractivity contribution in [3.05, 3.63) is 59.9 Å². The van der Waals surface area contributed by atoms with E-state index in [0.717, 1.165) is 28.8 Å². The lowest BCUT2D eigenvalue weighted by molar-refractivity contribution is -0.141. The Balaban J connectivity index is 2.20. The molecule has 1 aromatic carbocycles. The van der Waals surface area contributed by atoms with Crippen molar-refractivity contribution in [2.75, 3.05) is 6.26 Å². The number of hydrogen-bond donors (Lipinski definition) is 0. The third kappa shape index (κ3) is 3.48. The van der Waals surface area contributed by atoms with Crippen LogP contribution in [-0.4, -0.2) is 29.4 Å². The van der Waals surface area contributed by atoms with E-state index < -0.39 is 21.7 Å². The van der Waals surface area contributed by atoms with Gasteiger partial charge >= 0.3 is 6.18 Å². The highest BCUT2D eigenvalue weighted by Gasteiger charge is 2.35. The lowest BCUT2D eigenvalue weighted by atomic mass is 10.1. The van der Waals surface area contributed by atoms with Crippen molar-refractivity contribution in [2.24, 2.45) is 0 Å². The number of sulfone groups is 1. The van der Waals surface area contributed by atoms with Crippen molar-refractivity contribution in [3.8, 4) is 17.1 Å². The van der Waals surface area contributed by atoms with Crippen molar-refractivity contribution in [2.45, 2.75) is 18.0 Å². The Morgan fingerprint density at radius 1 is 1.08 bits per heavy atom. The second kappa shape index (κ2) is 6.24. The molecule has 3 aromatic rings. The molecule has 0 aliphatic heterocycles. The summed E-state index contributed by atoms with van der Waals surface area (Å²) in [6.07, 6.45) is -2.49. The average Bonchev–Trinajstić information content (AvgIpc) is 3.00. The molecular weight excluding hydrogens is 367 g/mol. The standard InChI is InChI=1S/C17H14F3N3O2S/c1-11-5-3-4-6-13(11)14-9-15(17(18,19)20)22-23(14)16-8-7-12(10-21-16)26(2,24)25/h3-10H,1-2H3. The van der Waals surface area contributed by atoms with Crippen molar-refractivity contribution < 1.29 is 21.6 Å². The highest BCUT2D eigenvalue weighted by molar-refractivity contribution is 7.90. The van der Waals surface area contributed by atoms with Crippen LogP contribution in [0.2, 0.25) is 0 Å². The van der Waals surface area contributed by atoms with Gasteiger partial charge in [0.1, 0.15) is 0 Å². The molecule has 2 aromatic heterocycles. The number of pyridine rings is 1. The van der Waals surface area contributed by atoms with Gasteiger partial charge in [0.15, 0.2) is 21.3 Å².